The molecule has 1 aliphatic rings. The molecule has 0 fully saturated rings. The quantitative estimate of drug-likeness (QED) is 0.465. The first kappa shape index (κ1) is 20.4. The van der Waals surface area contributed by atoms with E-state index in [2.05, 4.69) is 22.3 Å². The van der Waals surface area contributed by atoms with Gasteiger partial charge in [-0.25, -0.2) is 9.48 Å². The Kier molecular flexibility index (Phi) is 7.09. The molecule has 1 aromatic heterocycles. The van der Waals surface area contributed by atoms with Crippen LogP contribution in [-0.4, -0.2) is 27.3 Å². The van der Waals surface area contributed by atoms with Gasteiger partial charge in [-0.3, -0.25) is 0 Å². The third-order valence-corrected chi connectivity index (χ3v) is 5.18. The van der Waals surface area contributed by atoms with Gasteiger partial charge in [-0.15, -0.1) is 0 Å². The molecule has 0 saturated carbocycles. The lowest BCUT2D eigenvalue weighted by atomic mass is 9.96. The van der Waals surface area contributed by atoms with Gasteiger partial charge in [0, 0.05) is 10.7 Å². The minimum absolute atomic E-state index is 0.320. The number of rotatable bonds is 9. The zero-order chi connectivity index (χ0) is 19.9. The molecule has 1 N–H and O–H groups in total. The lowest BCUT2D eigenvalue weighted by Crippen LogP contribution is -2.29. The molecule has 7 heteroatoms. The molecule has 0 spiro atoms. The van der Waals surface area contributed by atoms with Gasteiger partial charge < -0.3 is 10.1 Å². The highest BCUT2D eigenvalue weighted by Gasteiger charge is 2.34. The Labute approximate surface area is 170 Å². The number of ether oxygens (including phenoxy) is 1. The fraction of sp³-hybridized carbons (Fsp3) is 0.476. The average Bonchev–Trinajstić information content (AvgIpc) is 3.14. The molecule has 0 radical (unpaired) electrons. The van der Waals surface area contributed by atoms with E-state index in [0.29, 0.717) is 23.2 Å². The second kappa shape index (κ2) is 9.73. The molecule has 2 aromatic rings. The summed E-state index contributed by atoms with van der Waals surface area (Å²) in [5.41, 5.74) is 2.18. The van der Waals surface area contributed by atoms with Crippen molar-refractivity contribution in [2.75, 3.05) is 11.9 Å². The van der Waals surface area contributed by atoms with E-state index in [4.69, 9.17) is 16.3 Å². The largest absolute Gasteiger partial charge is 0.462 e. The van der Waals surface area contributed by atoms with Crippen molar-refractivity contribution in [3.63, 3.8) is 0 Å². The van der Waals surface area contributed by atoms with Gasteiger partial charge in [-0.2, -0.15) is 10.1 Å². The van der Waals surface area contributed by atoms with Crippen LogP contribution in [0.5, 0.6) is 0 Å². The molecule has 1 unspecified atom stereocenters. The maximum Gasteiger partial charge on any atom is 0.338 e. The monoisotopic (exact) mass is 402 g/mol. The Morgan fingerprint density at radius 1 is 1.18 bits per heavy atom. The number of carbonyl (C=O) groups is 1. The van der Waals surface area contributed by atoms with Crippen molar-refractivity contribution in [1.29, 1.82) is 0 Å². The molecule has 0 bridgehead atoms. The van der Waals surface area contributed by atoms with Crippen molar-refractivity contribution in [1.82, 2.24) is 14.8 Å². The molecule has 28 heavy (non-hydrogen) atoms. The second-order valence-electron chi connectivity index (χ2n) is 7.05. The predicted octanol–water partition coefficient (Wildman–Crippen LogP) is 5.12. The topological polar surface area (TPSA) is 69.0 Å². The number of fused-ring (bicyclic) bond motifs is 1. The van der Waals surface area contributed by atoms with Gasteiger partial charge in [0.25, 0.3) is 0 Å². The van der Waals surface area contributed by atoms with E-state index in [-0.39, 0.29) is 5.97 Å². The standard InChI is InChI=1S/C21H27ClN4O2/c1-3-4-5-6-7-8-13-28-20(27)18-15(2)25-21-23-14-24-26(21)19(18)16-9-11-17(22)12-10-16/h9-12,14,19H,3-8,13H2,1-2H3,(H,23,24,25). The van der Waals surface area contributed by atoms with Crippen LogP contribution < -0.4 is 5.32 Å². The zero-order valence-corrected chi connectivity index (χ0v) is 17.2. The molecule has 1 aromatic carbocycles. The number of nitrogens with zero attached hydrogens (tertiary/aromatic N) is 3. The number of esters is 1. The van der Waals surface area contributed by atoms with Crippen LogP contribution in [0.15, 0.2) is 41.9 Å². The summed E-state index contributed by atoms with van der Waals surface area (Å²) in [5, 5.41) is 8.10. The summed E-state index contributed by atoms with van der Waals surface area (Å²) >= 11 is 6.04. The summed E-state index contributed by atoms with van der Waals surface area (Å²) in [5.74, 6) is 0.282. The molecule has 0 aliphatic carbocycles. The summed E-state index contributed by atoms with van der Waals surface area (Å²) in [6, 6.07) is 7.03. The number of hydrogen-bond donors (Lipinski definition) is 1. The van der Waals surface area contributed by atoms with Gasteiger partial charge in [-0.1, -0.05) is 62.8 Å². The smallest absolute Gasteiger partial charge is 0.338 e. The minimum Gasteiger partial charge on any atom is -0.462 e. The molecule has 1 aliphatic heterocycles. The maximum atomic E-state index is 12.9. The summed E-state index contributed by atoms with van der Waals surface area (Å²) in [6.45, 7) is 4.50. The highest BCUT2D eigenvalue weighted by atomic mass is 35.5. The number of halogens is 1. The van der Waals surface area contributed by atoms with Crippen molar-refractivity contribution in [3.8, 4) is 0 Å². The van der Waals surface area contributed by atoms with Gasteiger partial charge in [0.05, 0.1) is 12.2 Å². The number of carbonyl (C=O) groups excluding carboxylic acids is 1. The molecular weight excluding hydrogens is 376 g/mol. The second-order valence-corrected chi connectivity index (χ2v) is 7.49. The number of aromatic nitrogens is 3. The molecule has 0 amide bonds. The van der Waals surface area contributed by atoms with E-state index in [1.165, 1.54) is 32.0 Å². The van der Waals surface area contributed by atoms with Crippen molar-refractivity contribution < 1.29 is 9.53 Å². The summed E-state index contributed by atoms with van der Waals surface area (Å²) in [4.78, 5) is 17.2. The Balaban J connectivity index is 1.72. The van der Waals surface area contributed by atoms with Crippen LogP contribution in [0.1, 0.15) is 64.0 Å². The van der Waals surface area contributed by atoms with E-state index in [9.17, 15) is 4.79 Å². The Morgan fingerprint density at radius 3 is 2.64 bits per heavy atom. The van der Waals surface area contributed by atoms with Crippen LogP contribution in [0, 0.1) is 0 Å². The van der Waals surface area contributed by atoms with Crippen molar-refractivity contribution in [2.24, 2.45) is 0 Å². The number of benzene rings is 1. The fourth-order valence-electron chi connectivity index (χ4n) is 3.43. The van der Waals surface area contributed by atoms with Crippen molar-refractivity contribution >= 4 is 23.5 Å². The number of allylic oxidation sites excluding steroid dienone is 1. The average molecular weight is 403 g/mol. The molecule has 150 valence electrons. The van der Waals surface area contributed by atoms with Crippen LogP contribution in [0.2, 0.25) is 5.02 Å². The van der Waals surface area contributed by atoms with Crippen LogP contribution >= 0.6 is 11.6 Å². The van der Waals surface area contributed by atoms with E-state index in [1.807, 2.05) is 31.2 Å². The molecule has 6 nitrogen and oxygen atoms in total. The summed E-state index contributed by atoms with van der Waals surface area (Å²) in [6.07, 6.45) is 8.36. The van der Waals surface area contributed by atoms with Crippen LogP contribution in [0.3, 0.4) is 0 Å². The molecule has 1 atom stereocenters. The zero-order valence-electron chi connectivity index (χ0n) is 16.4. The van der Waals surface area contributed by atoms with E-state index in [1.54, 1.807) is 4.68 Å². The lowest BCUT2D eigenvalue weighted by Gasteiger charge is -2.28. The van der Waals surface area contributed by atoms with E-state index >= 15 is 0 Å². The molecule has 2 heterocycles. The highest BCUT2D eigenvalue weighted by molar-refractivity contribution is 6.30. The summed E-state index contributed by atoms with van der Waals surface area (Å²) in [7, 11) is 0. The third-order valence-electron chi connectivity index (χ3n) is 4.93. The first-order valence-corrected chi connectivity index (χ1v) is 10.3. The van der Waals surface area contributed by atoms with Gasteiger partial charge in [0.1, 0.15) is 12.4 Å². The van der Waals surface area contributed by atoms with Gasteiger partial charge >= 0.3 is 5.97 Å². The molecular formula is C21H27ClN4O2. The van der Waals surface area contributed by atoms with Gasteiger partial charge in [0.2, 0.25) is 5.95 Å². The maximum absolute atomic E-state index is 12.9. The van der Waals surface area contributed by atoms with Crippen molar-refractivity contribution in [3.05, 3.63) is 52.4 Å². The SMILES string of the molecule is CCCCCCCCOC(=O)C1=C(C)Nc2ncnn2C1c1ccc(Cl)cc1. The Bertz CT molecular complexity index is 829. The number of hydrogen-bond acceptors (Lipinski definition) is 5. The first-order chi connectivity index (χ1) is 13.6. The van der Waals surface area contributed by atoms with Crippen LogP contribution in [0.25, 0.3) is 0 Å². The van der Waals surface area contributed by atoms with Gasteiger partial charge in [-0.05, 0) is 31.0 Å². The number of unbranched alkanes of at least 4 members (excludes halogenated alkanes) is 5. The van der Waals surface area contributed by atoms with Gasteiger partial charge in [0.15, 0.2) is 0 Å². The fourth-order valence-corrected chi connectivity index (χ4v) is 3.56. The van der Waals surface area contributed by atoms with Crippen LogP contribution in [0.4, 0.5) is 5.95 Å². The van der Waals surface area contributed by atoms with E-state index in [0.717, 1.165) is 24.1 Å². The first-order valence-electron chi connectivity index (χ1n) is 9.91. The Morgan fingerprint density at radius 2 is 1.89 bits per heavy atom. The number of anilines is 1. The lowest BCUT2D eigenvalue weighted by molar-refractivity contribution is -0.139. The third kappa shape index (κ3) is 4.73. The normalized spacial score (nSPS) is 15.9. The molecule has 3 rings (SSSR count). The molecule has 0 saturated heterocycles. The summed E-state index contributed by atoms with van der Waals surface area (Å²) < 4.78 is 7.31. The van der Waals surface area contributed by atoms with Crippen LogP contribution in [-0.2, 0) is 9.53 Å². The minimum atomic E-state index is -0.395. The predicted molar refractivity (Wildman–Crippen MR) is 110 cm³/mol. The Hall–Kier alpha value is -2.34. The van der Waals surface area contributed by atoms with Crippen molar-refractivity contribution in [2.45, 2.75) is 58.4 Å². The van der Waals surface area contributed by atoms with E-state index < -0.39 is 6.04 Å². The highest BCUT2D eigenvalue weighted by Crippen LogP contribution is 2.35. The number of nitrogens with one attached hydrogen (secondary N) is 1.